The first-order chi connectivity index (χ1) is 7.24. The van der Waals surface area contributed by atoms with Crippen molar-refractivity contribution < 1.29 is 0 Å². The number of aromatic nitrogens is 2. The van der Waals surface area contributed by atoms with E-state index in [1.807, 2.05) is 6.26 Å². The molecule has 2 rings (SSSR count). The van der Waals surface area contributed by atoms with Gasteiger partial charge >= 0.3 is 0 Å². The van der Waals surface area contributed by atoms with E-state index < -0.39 is 0 Å². The van der Waals surface area contributed by atoms with E-state index in [9.17, 15) is 0 Å². The molecule has 0 radical (unpaired) electrons. The van der Waals surface area contributed by atoms with Crippen molar-refractivity contribution in [1.29, 1.82) is 0 Å². The van der Waals surface area contributed by atoms with Crippen LogP contribution in [0.2, 0.25) is 5.15 Å². The molecule has 0 unspecified atom stereocenters. The number of thioether (sulfide) groups is 1. The highest BCUT2D eigenvalue weighted by Gasteiger charge is 2.09. The Morgan fingerprint density at radius 2 is 2.27 bits per heavy atom. The highest BCUT2D eigenvalue weighted by atomic mass is 35.5. The number of hydrogen-bond acceptors (Lipinski definition) is 4. The fourth-order valence-electron chi connectivity index (χ4n) is 1.38. The normalized spacial score (nSPS) is 11.1. The van der Waals surface area contributed by atoms with E-state index in [-0.39, 0.29) is 0 Å². The van der Waals surface area contributed by atoms with Crippen LogP contribution < -0.4 is 0 Å². The van der Waals surface area contributed by atoms with Gasteiger partial charge in [-0.25, -0.2) is 9.97 Å². The van der Waals surface area contributed by atoms with E-state index in [1.165, 1.54) is 16.6 Å². The lowest BCUT2D eigenvalue weighted by molar-refractivity contribution is 0.940. The average Bonchev–Trinajstić information content (AvgIpc) is 2.61. The van der Waals surface area contributed by atoms with Gasteiger partial charge in [0, 0.05) is 10.3 Å². The molecule has 0 fully saturated rings. The Balaban J connectivity index is 2.54. The Kier molecular flexibility index (Phi) is 3.49. The summed E-state index contributed by atoms with van der Waals surface area (Å²) in [7, 11) is 0. The zero-order valence-electron chi connectivity index (χ0n) is 8.58. The molecule has 0 atom stereocenters. The topological polar surface area (TPSA) is 25.8 Å². The molecule has 0 saturated carbocycles. The molecule has 0 aliphatic carbocycles. The minimum Gasteiger partial charge on any atom is -0.211 e. The molecule has 0 spiro atoms. The van der Waals surface area contributed by atoms with Crippen molar-refractivity contribution in [2.45, 2.75) is 24.9 Å². The summed E-state index contributed by atoms with van der Waals surface area (Å²) >= 11 is 9.33. The van der Waals surface area contributed by atoms with Crippen molar-refractivity contribution in [2.24, 2.45) is 0 Å². The van der Waals surface area contributed by atoms with Crippen LogP contribution >= 0.6 is 34.7 Å². The molecule has 0 aromatic carbocycles. The summed E-state index contributed by atoms with van der Waals surface area (Å²) in [5.74, 6) is 0. The first-order valence-corrected chi connectivity index (χ1v) is 7.16. The van der Waals surface area contributed by atoms with Gasteiger partial charge in [-0.2, -0.15) is 0 Å². The summed E-state index contributed by atoms with van der Waals surface area (Å²) in [6, 6.07) is 2.11. The fraction of sp³-hybridized carbons (Fsp3) is 0.400. The lowest BCUT2D eigenvalue weighted by atomic mass is 10.3. The van der Waals surface area contributed by atoms with Crippen molar-refractivity contribution in [3.63, 3.8) is 0 Å². The van der Waals surface area contributed by atoms with Gasteiger partial charge < -0.3 is 0 Å². The van der Waals surface area contributed by atoms with Crippen LogP contribution in [0.1, 0.15) is 18.2 Å². The minimum atomic E-state index is 0.572. The van der Waals surface area contributed by atoms with Crippen molar-refractivity contribution in [1.82, 2.24) is 9.97 Å². The third kappa shape index (κ3) is 2.27. The number of fused-ring (bicyclic) bond motifs is 1. The highest BCUT2D eigenvalue weighted by molar-refractivity contribution is 7.98. The van der Waals surface area contributed by atoms with Crippen LogP contribution in [0.3, 0.4) is 0 Å². The van der Waals surface area contributed by atoms with Crippen LogP contribution in [-0.2, 0) is 6.42 Å². The quantitative estimate of drug-likeness (QED) is 0.472. The maximum atomic E-state index is 6.10. The van der Waals surface area contributed by atoms with Crippen LogP contribution in [0.4, 0.5) is 0 Å². The largest absolute Gasteiger partial charge is 0.211 e. The fourth-order valence-corrected chi connectivity index (χ4v) is 3.26. The van der Waals surface area contributed by atoms with Crippen LogP contribution in [0.15, 0.2) is 11.2 Å². The molecule has 0 aliphatic rings. The molecule has 0 bridgehead atoms. The third-order valence-electron chi connectivity index (χ3n) is 2.06. The van der Waals surface area contributed by atoms with E-state index in [1.54, 1.807) is 11.3 Å². The summed E-state index contributed by atoms with van der Waals surface area (Å²) in [5, 5.41) is 2.31. The standard InChI is InChI=1S/C10H11ClN2S2/c1-3-4-6-5-7-8(11)12-10(14-2)13-9(7)15-6/h5H,3-4H2,1-2H3. The maximum absolute atomic E-state index is 6.10. The summed E-state index contributed by atoms with van der Waals surface area (Å²) in [6.45, 7) is 2.17. The Morgan fingerprint density at radius 1 is 1.47 bits per heavy atom. The summed E-state index contributed by atoms with van der Waals surface area (Å²) in [4.78, 5) is 11.0. The van der Waals surface area contributed by atoms with E-state index in [0.717, 1.165) is 28.2 Å². The molecule has 0 N–H and O–H groups in total. The molecule has 0 saturated heterocycles. The van der Waals surface area contributed by atoms with Gasteiger partial charge in [-0.3, -0.25) is 0 Å². The third-order valence-corrected chi connectivity index (χ3v) is 3.98. The van der Waals surface area contributed by atoms with Gasteiger partial charge in [-0.15, -0.1) is 11.3 Å². The van der Waals surface area contributed by atoms with Gasteiger partial charge in [-0.1, -0.05) is 36.7 Å². The van der Waals surface area contributed by atoms with E-state index >= 15 is 0 Å². The molecule has 2 aromatic rings. The average molecular weight is 259 g/mol. The maximum Gasteiger partial charge on any atom is 0.190 e. The number of aryl methyl sites for hydroxylation is 1. The number of nitrogens with zero attached hydrogens (tertiary/aromatic N) is 2. The lowest BCUT2D eigenvalue weighted by Crippen LogP contribution is -1.85. The first kappa shape index (κ1) is 11.2. The Morgan fingerprint density at radius 3 is 2.93 bits per heavy atom. The van der Waals surface area contributed by atoms with Gasteiger partial charge in [0.1, 0.15) is 9.98 Å². The van der Waals surface area contributed by atoms with Crippen LogP contribution in [-0.4, -0.2) is 16.2 Å². The van der Waals surface area contributed by atoms with Gasteiger partial charge in [0.25, 0.3) is 0 Å². The monoisotopic (exact) mass is 258 g/mol. The van der Waals surface area contributed by atoms with Crippen molar-refractivity contribution in [3.8, 4) is 0 Å². The Labute approximate surface area is 102 Å². The number of hydrogen-bond donors (Lipinski definition) is 0. The molecule has 15 heavy (non-hydrogen) atoms. The Hall–Kier alpha value is -0.320. The smallest absolute Gasteiger partial charge is 0.190 e. The van der Waals surface area contributed by atoms with Crippen LogP contribution in [0, 0.1) is 0 Å². The second kappa shape index (κ2) is 4.68. The van der Waals surface area contributed by atoms with Crippen LogP contribution in [0.25, 0.3) is 10.2 Å². The molecule has 2 aromatic heterocycles. The zero-order chi connectivity index (χ0) is 10.8. The van der Waals surface area contributed by atoms with E-state index in [2.05, 4.69) is 23.0 Å². The predicted molar refractivity (Wildman–Crippen MR) is 68.2 cm³/mol. The molecule has 0 amide bonds. The molecular weight excluding hydrogens is 248 g/mol. The van der Waals surface area contributed by atoms with Gasteiger partial charge in [0.2, 0.25) is 0 Å². The summed E-state index contributed by atoms with van der Waals surface area (Å²) in [6.07, 6.45) is 4.19. The molecule has 2 heterocycles. The Bertz CT molecular complexity index is 481. The number of thiophene rings is 1. The van der Waals surface area contributed by atoms with Crippen molar-refractivity contribution in [2.75, 3.05) is 6.26 Å². The van der Waals surface area contributed by atoms with Gasteiger partial charge in [0.15, 0.2) is 5.16 Å². The predicted octanol–water partition coefficient (Wildman–Crippen LogP) is 4.02. The van der Waals surface area contributed by atoms with Gasteiger partial charge in [0.05, 0.1) is 0 Å². The molecule has 5 heteroatoms. The molecule has 0 aliphatic heterocycles. The molecular formula is C10H11ClN2S2. The second-order valence-electron chi connectivity index (χ2n) is 3.18. The minimum absolute atomic E-state index is 0.572. The SMILES string of the molecule is CCCc1cc2c(Cl)nc(SC)nc2s1. The molecule has 80 valence electrons. The number of halogens is 1. The summed E-state index contributed by atoms with van der Waals surface area (Å²) < 4.78 is 0. The highest BCUT2D eigenvalue weighted by Crippen LogP contribution is 2.30. The zero-order valence-corrected chi connectivity index (χ0v) is 11.0. The van der Waals surface area contributed by atoms with Crippen molar-refractivity contribution >= 4 is 44.9 Å². The van der Waals surface area contributed by atoms with E-state index in [0.29, 0.717) is 5.15 Å². The van der Waals surface area contributed by atoms with Gasteiger partial charge in [-0.05, 0) is 18.7 Å². The summed E-state index contributed by atoms with van der Waals surface area (Å²) in [5.41, 5.74) is 0. The number of rotatable bonds is 3. The molecule has 2 nitrogen and oxygen atoms in total. The van der Waals surface area contributed by atoms with E-state index in [4.69, 9.17) is 11.6 Å². The second-order valence-corrected chi connectivity index (χ2v) is 5.43. The lowest BCUT2D eigenvalue weighted by Gasteiger charge is -1.95. The van der Waals surface area contributed by atoms with Crippen molar-refractivity contribution in [3.05, 3.63) is 16.1 Å². The first-order valence-electron chi connectivity index (χ1n) is 4.74. The van der Waals surface area contributed by atoms with Crippen LogP contribution in [0.5, 0.6) is 0 Å².